The third-order valence-corrected chi connectivity index (χ3v) is 5.75. The van der Waals surface area contributed by atoms with Crippen molar-refractivity contribution in [3.63, 3.8) is 0 Å². The molecule has 32 heavy (non-hydrogen) atoms. The lowest BCUT2D eigenvalue weighted by atomic mass is 9.99. The summed E-state index contributed by atoms with van der Waals surface area (Å²) < 4.78 is 32.4. The SMILES string of the molecule is CC(C)c1c(C#CCO[P+](=O)CC(=O)CC(=O)O)n(-c2ccc(F)cc2)c2ccccc12. The number of benzene rings is 2. The van der Waals surface area contributed by atoms with Crippen LogP contribution in [0.1, 0.15) is 37.4 Å². The molecule has 0 bridgehead atoms. The molecule has 0 aliphatic heterocycles. The molecule has 1 aromatic heterocycles. The number of fused-ring (bicyclic) bond motifs is 1. The van der Waals surface area contributed by atoms with Crippen LogP contribution in [-0.2, 0) is 18.7 Å². The van der Waals surface area contributed by atoms with Crippen LogP contribution in [0.3, 0.4) is 0 Å². The number of aromatic nitrogens is 1. The molecule has 2 aromatic carbocycles. The van der Waals surface area contributed by atoms with Crippen molar-refractivity contribution in [2.75, 3.05) is 12.8 Å². The fourth-order valence-electron chi connectivity index (χ4n) is 3.47. The van der Waals surface area contributed by atoms with Crippen molar-refractivity contribution in [2.24, 2.45) is 0 Å². The second kappa shape index (κ2) is 10.3. The number of carboxylic acid groups (broad SMARTS) is 1. The summed E-state index contributed by atoms with van der Waals surface area (Å²) in [6.45, 7) is 3.94. The summed E-state index contributed by atoms with van der Waals surface area (Å²) in [4.78, 5) is 22.0. The Kier molecular flexibility index (Phi) is 7.53. The van der Waals surface area contributed by atoms with E-state index in [0.29, 0.717) is 5.69 Å². The Balaban J connectivity index is 1.93. The normalized spacial score (nSPS) is 11.3. The highest BCUT2D eigenvalue weighted by Crippen LogP contribution is 2.34. The molecule has 1 unspecified atom stereocenters. The molecule has 3 rings (SSSR count). The highest BCUT2D eigenvalue weighted by molar-refractivity contribution is 7.40. The third kappa shape index (κ3) is 5.47. The summed E-state index contributed by atoms with van der Waals surface area (Å²) in [5, 5.41) is 9.63. The molecule has 1 N–H and O–H groups in total. The van der Waals surface area contributed by atoms with Crippen molar-refractivity contribution in [2.45, 2.75) is 26.2 Å². The maximum Gasteiger partial charge on any atom is 0.517 e. The Morgan fingerprint density at radius 1 is 1.16 bits per heavy atom. The standard InChI is InChI=1S/C24H21FNO5P/c1-16(2)24-20-6-3-4-7-21(20)26(18-11-9-17(25)10-12-18)22(24)8-5-13-31-32(30)15-19(27)14-23(28)29/h3-4,6-7,9-12,16H,13-15H2,1-2H3/p+1. The molecule has 0 fully saturated rings. The number of rotatable bonds is 8. The number of carboxylic acids is 1. The van der Waals surface area contributed by atoms with Gasteiger partial charge in [-0.05, 0) is 52.3 Å². The Labute approximate surface area is 185 Å². The van der Waals surface area contributed by atoms with Gasteiger partial charge < -0.3 is 9.67 Å². The first-order valence-electron chi connectivity index (χ1n) is 9.97. The number of nitrogens with zero attached hydrogens (tertiary/aromatic N) is 1. The number of carbonyl (C=O) groups is 2. The number of hydrogen-bond donors (Lipinski definition) is 1. The zero-order valence-electron chi connectivity index (χ0n) is 17.7. The lowest BCUT2D eigenvalue weighted by Crippen LogP contribution is -2.09. The van der Waals surface area contributed by atoms with E-state index in [9.17, 15) is 18.5 Å². The summed E-state index contributed by atoms with van der Waals surface area (Å²) in [5.74, 6) is 3.82. The number of hydrogen-bond acceptors (Lipinski definition) is 4. The van der Waals surface area contributed by atoms with Crippen LogP contribution in [0.15, 0.2) is 48.5 Å². The first-order valence-corrected chi connectivity index (χ1v) is 11.3. The second-order valence-corrected chi connectivity index (χ2v) is 8.66. The predicted octanol–water partition coefficient (Wildman–Crippen LogP) is 5.05. The molecule has 6 nitrogen and oxygen atoms in total. The molecule has 0 amide bonds. The zero-order valence-corrected chi connectivity index (χ0v) is 18.6. The van der Waals surface area contributed by atoms with Crippen LogP contribution < -0.4 is 0 Å². The van der Waals surface area contributed by atoms with Gasteiger partial charge in [0.25, 0.3) is 0 Å². The highest BCUT2D eigenvalue weighted by Gasteiger charge is 2.24. The Hall–Kier alpha value is -3.33. The van der Waals surface area contributed by atoms with Gasteiger partial charge in [0, 0.05) is 11.1 Å². The molecule has 0 radical (unpaired) electrons. The van der Waals surface area contributed by atoms with Gasteiger partial charge in [-0.2, -0.15) is 0 Å². The fraction of sp³-hybridized carbons (Fsp3) is 0.250. The van der Waals surface area contributed by atoms with Gasteiger partial charge in [0.2, 0.25) is 6.16 Å². The van der Waals surface area contributed by atoms with E-state index >= 15 is 0 Å². The van der Waals surface area contributed by atoms with E-state index in [1.54, 1.807) is 12.1 Å². The van der Waals surface area contributed by atoms with Gasteiger partial charge in [0.1, 0.15) is 17.9 Å². The molecule has 1 atom stereocenters. The number of Topliss-reactive ketones (excluding diaryl/α,β-unsaturated/α-hetero) is 1. The summed E-state index contributed by atoms with van der Waals surface area (Å²) >= 11 is 0. The number of halogens is 1. The Morgan fingerprint density at radius 3 is 2.50 bits per heavy atom. The van der Waals surface area contributed by atoms with Gasteiger partial charge in [0.05, 0.1) is 5.52 Å². The van der Waals surface area contributed by atoms with Gasteiger partial charge in [0.15, 0.2) is 12.4 Å². The Bertz CT molecular complexity index is 1230. The second-order valence-electron chi connectivity index (χ2n) is 7.42. The van der Waals surface area contributed by atoms with Crippen molar-refractivity contribution in [3.05, 3.63) is 65.6 Å². The van der Waals surface area contributed by atoms with Crippen molar-refractivity contribution in [1.82, 2.24) is 4.57 Å². The molecule has 0 aliphatic rings. The summed E-state index contributed by atoms with van der Waals surface area (Å²) in [7, 11) is -2.34. The summed E-state index contributed by atoms with van der Waals surface area (Å²) in [6.07, 6.45) is -1.15. The minimum Gasteiger partial charge on any atom is -0.481 e. The first-order chi connectivity index (χ1) is 15.3. The van der Waals surface area contributed by atoms with Gasteiger partial charge in [-0.15, -0.1) is 4.52 Å². The summed E-state index contributed by atoms with van der Waals surface area (Å²) in [5.41, 5.74) is 3.43. The molecule has 0 spiro atoms. The maximum atomic E-state index is 13.5. The van der Waals surface area contributed by atoms with Gasteiger partial charge in [-0.3, -0.25) is 9.59 Å². The van der Waals surface area contributed by atoms with E-state index in [1.807, 2.05) is 28.8 Å². The lowest BCUT2D eigenvalue weighted by Gasteiger charge is -2.09. The van der Waals surface area contributed by atoms with Gasteiger partial charge in [-0.1, -0.05) is 38.0 Å². The smallest absolute Gasteiger partial charge is 0.481 e. The minimum atomic E-state index is -2.34. The molecule has 0 saturated carbocycles. The lowest BCUT2D eigenvalue weighted by molar-refractivity contribution is -0.139. The molecule has 8 heteroatoms. The van der Waals surface area contributed by atoms with Crippen molar-refractivity contribution in [1.29, 1.82) is 0 Å². The summed E-state index contributed by atoms with van der Waals surface area (Å²) in [6, 6.07) is 14.0. The molecular formula is C24H22FNO5P+. The van der Waals surface area contributed by atoms with Gasteiger partial charge in [-0.25, -0.2) is 4.39 Å². The molecule has 0 saturated heterocycles. The highest BCUT2D eigenvalue weighted by atomic mass is 31.1. The minimum absolute atomic E-state index is 0.150. The topological polar surface area (TPSA) is 85.6 Å². The van der Waals surface area contributed by atoms with Crippen LogP contribution in [-0.4, -0.2) is 34.2 Å². The van der Waals surface area contributed by atoms with E-state index in [1.165, 1.54) is 12.1 Å². The molecule has 3 aromatic rings. The van der Waals surface area contributed by atoms with Crippen LogP contribution in [0, 0.1) is 17.7 Å². The Morgan fingerprint density at radius 2 is 1.84 bits per heavy atom. The van der Waals surface area contributed by atoms with E-state index in [-0.39, 0.29) is 18.3 Å². The van der Waals surface area contributed by atoms with Crippen molar-refractivity contribution in [3.8, 4) is 17.5 Å². The van der Waals surface area contributed by atoms with Crippen LogP contribution in [0.25, 0.3) is 16.6 Å². The number of aliphatic carboxylic acids is 1. The van der Waals surface area contributed by atoms with Crippen LogP contribution in [0.4, 0.5) is 4.39 Å². The number of para-hydroxylation sites is 1. The van der Waals surface area contributed by atoms with E-state index in [2.05, 4.69) is 25.7 Å². The molecule has 0 aliphatic carbocycles. The zero-order chi connectivity index (χ0) is 23.3. The van der Waals surface area contributed by atoms with Crippen molar-refractivity contribution < 1.29 is 28.2 Å². The van der Waals surface area contributed by atoms with E-state index in [4.69, 9.17) is 9.63 Å². The molecule has 1 heterocycles. The molecule has 164 valence electrons. The van der Waals surface area contributed by atoms with E-state index in [0.717, 1.165) is 22.2 Å². The number of ketones is 1. The fourth-order valence-corrected chi connectivity index (χ4v) is 4.17. The maximum absolute atomic E-state index is 13.5. The predicted molar refractivity (Wildman–Crippen MR) is 120 cm³/mol. The van der Waals surface area contributed by atoms with E-state index < -0.39 is 32.4 Å². The molecular weight excluding hydrogens is 432 g/mol. The quantitative estimate of drug-likeness (QED) is 0.293. The number of carbonyl (C=O) groups excluding carboxylic acids is 1. The van der Waals surface area contributed by atoms with Crippen molar-refractivity contribution >= 4 is 30.7 Å². The van der Waals surface area contributed by atoms with Gasteiger partial charge >= 0.3 is 14.0 Å². The first kappa shape index (κ1) is 23.3. The average molecular weight is 454 g/mol. The monoisotopic (exact) mass is 454 g/mol. The van der Waals surface area contributed by atoms with Crippen LogP contribution >= 0.6 is 8.03 Å². The largest absolute Gasteiger partial charge is 0.517 e. The van der Waals surface area contributed by atoms with Crippen LogP contribution in [0.2, 0.25) is 0 Å². The average Bonchev–Trinajstić information content (AvgIpc) is 3.05. The van der Waals surface area contributed by atoms with Crippen LogP contribution in [0.5, 0.6) is 0 Å². The third-order valence-electron chi connectivity index (χ3n) is 4.72.